The largest absolute Gasteiger partial charge is 0.476 e. The van der Waals surface area contributed by atoms with Crippen LogP contribution in [-0.2, 0) is 0 Å². The predicted molar refractivity (Wildman–Crippen MR) is 46.8 cm³/mol. The van der Waals surface area contributed by atoms with Crippen LogP contribution in [0.1, 0.15) is 12.1 Å². The number of ether oxygens (including phenoxy) is 1. The summed E-state index contributed by atoms with van der Waals surface area (Å²) in [6.45, 7) is 0. The molecule has 0 aliphatic heterocycles. The minimum absolute atomic E-state index is 0.433. The summed E-state index contributed by atoms with van der Waals surface area (Å²) in [6, 6.07) is 0.799. The van der Waals surface area contributed by atoms with E-state index in [0.29, 0.717) is 0 Å². The van der Waals surface area contributed by atoms with Gasteiger partial charge in [0.15, 0.2) is 0 Å². The van der Waals surface area contributed by atoms with Gasteiger partial charge in [-0.05, 0) is 0 Å². The quantitative estimate of drug-likeness (QED) is 0.614. The second-order valence-corrected chi connectivity index (χ2v) is 2.55. The van der Waals surface area contributed by atoms with E-state index in [1.807, 2.05) is 0 Å². The zero-order valence-corrected chi connectivity index (χ0v) is 7.61. The summed E-state index contributed by atoms with van der Waals surface area (Å²) in [5, 5.41) is 10.5. The van der Waals surface area contributed by atoms with Crippen molar-refractivity contribution < 1.29 is 18.4 Å². The first kappa shape index (κ1) is 11.1. The van der Waals surface area contributed by atoms with Crippen LogP contribution < -0.4 is 10.5 Å². The molecular weight excluding hydrogens is 212 g/mol. The first-order chi connectivity index (χ1) is 6.97. The highest BCUT2D eigenvalue weighted by molar-refractivity contribution is 5.56. The number of nitro groups is 1. The third-order valence-electron chi connectivity index (χ3n) is 1.63. The van der Waals surface area contributed by atoms with Crippen LogP contribution in [0.3, 0.4) is 0 Å². The summed E-state index contributed by atoms with van der Waals surface area (Å²) in [4.78, 5) is 12.9. The molecule has 0 unspecified atom stereocenters. The lowest BCUT2D eigenvalue weighted by atomic mass is 10.3. The molecule has 0 atom stereocenters. The second-order valence-electron chi connectivity index (χ2n) is 2.55. The molecule has 0 amide bonds. The Balaban J connectivity index is 3.35. The highest BCUT2D eigenvalue weighted by Gasteiger charge is 2.23. The maximum Gasteiger partial charge on any atom is 0.333 e. The molecule has 0 aromatic carbocycles. The third-order valence-corrected chi connectivity index (χ3v) is 1.63. The van der Waals surface area contributed by atoms with Crippen molar-refractivity contribution in [2.45, 2.75) is 6.43 Å². The molecule has 6 nitrogen and oxygen atoms in total. The Morgan fingerprint density at radius 1 is 1.67 bits per heavy atom. The topological polar surface area (TPSA) is 91.3 Å². The Labute approximate surface area is 82.8 Å². The number of rotatable bonds is 3. The van der Waals surface area contributed by atoms with Gasteiger partial charge in [0.05, 0.1) is 17.7 Å². The van der Waals surface area contributed by atoms with Gasteiger partial charge in [-0.25, -0.2) is 13.8 Å². The average Bonchev–Trinajstić information content (AvgIpc) is 2.16. The first-order valence-electron chi connectivity index (χ1n) is 3.74. The van der Waals surface area contributed by atoms with Crippen LogP contribution in [-0.4, -0.2) is 17.0 Å². The molecule has 0 aliphatic carbocycles. The van der Waals surface area contributed by atoms with Gasteiger partial charge < -0.3 is 10.5 Å². The molecule has 1 aromatic rings. The predicted octanol–water partition coefficient (Wildman–Crippen LogP) is 1.52. The van der Waals surface area contributed by atoms with Gasteiger partial charge >= 0.3 is 5.69 Å². The molecule has 0 saturated carbocycles. The third kappa shape index (κ3) is 2.09. The smallest absolute Gasteiger partial charge is 0.333 e. The van der Waals surface area contributed by atoms with Crippen molar-refractivity contribution in [3.8, 4) is 5.88 Å². The maximum absolute atomic E-state index is 12.3. The van der Waals surface area contributed by atoms with Gasteiger partial charge in [-0.2, -0.15) is 0 Å². The summed E-state index contributed by atoms with van der Waals surface area (Å²) in [5.41, 5.74) is 3.48. The number of anilines is 1. The lowest BCUT2D eigenvalue weighted by Gasteiger charge is -2.06. The zero-order chi connectivity index (χ0) is 11.6. The summed E-state index contributed by atoms with van der Waals surface area (Å²) in [6.07, 6.45) is -2.90. The molecular formula is C7H7F2N3O3. The van der Waals surface area contributed by atoms with Gasteiger partial charge in [0.1, 0.15) is 5.69 Å². The van der Waals surface area contributed by atoms with Crippen LogP contribution in [0.25, 0.3) is 0 Å². The van der Waals surface area contributed by atoms with Gasteiger partial charge in [0, 0.05) is 6.07 Å². The molecule has 0 bridgehead atoms. The molecule has 1 heterocycles. The van der Waals surface area contributed by atoms with E-state index in [1.54, 1.807) is 0 Å². The molecule has 82 valence electrons. The van der Waals surface area contributed by atoms with E-state index in [2.05, 4.69) is 9.72 Å². The van der Waals surface area contributed by atoms with Crippen molar-refractivity contribution in [1.29, 1.82) is 0 Å². The van der Waals surface area contributed by atoms with Crippen molar-refractivity contribution in [2.75, 3.05) is 12.8 Å². The van der Waals surface area contributed by atoms with E-state index >= 15 is 0 Å². The number of nitrogens with two attached hydrogens (primary N) is 1. The van der Waals surface area contributed by atoms with Crippen LogP contribution in [0.5, 0.6) is 5.88 Å². The summed E-state index contributed by atoms with van der Waals surface area (Å²) < 4.78 is 29.1. The normalized spacial score (nSPS) is 10.4. The fourth-order valence-electron chi connectivity index (χ4n) is 0.970. The minimum Gasteiger partial charge on any atom is -0.476 e. The molecule has 0 aliphatic rings. The molecule has 0 saturated heterocycles. The van der Waals surface area contributed by atoms with Crippen molar-refractivity contribution >= 4 is 11.4 Å². The molecule has 0 radical (unpaired) electrons. The van der Waals surface area contributed by atoms with Crippen LogP contribution in [0.15, 0.2) is 6.07 Å². The average molecular weight is 219 g/mol. The summed E-state index contributed by atoms with van der Waals surface area (Å²) >= 11 is 0. The van der Waals surface area contributed by atoms with Gasteiger partial charge in [0.25, 0.3) is 12.3 Å². The number of hydrogen-bond acceptors (Lipinski definition) is 5. The van der Waals surface area contributed by atoms with Crippen molar-refractivity contribution in [1.82, 2.24) is 4.98 Å². The summed E-state index contributed by atoms with van der Waals surface area (Å²) in [5.74, 6) is -0.482. The number of hydrogen-bond donors (Lipinski definition) is 1. The van der Waals surface area contributed by atoms with Crippen molar-refractivity contribution in [3.63, 3.8) is 0 Å². The number of methoxy groups -OCH3 is 1. The van der Waals surface area contributed by atoms with Crippen LogP contribution in [0, 0.1) is 10.1 Å². The lowest BCUT2D eigenvalue weighted by molar-refractivity contribution is -0.386. The van der Waals surface area contributed by atoms with E-state index in [-0.39, 0.29) is 0 Å². The van der Waals surface area contributed by atoms with Gasteiger partial charge in [-0.3, -0.25) is 10.1 Å². The van der Waals surface area contributed by atoms with Gasteiger partial charge in [-0.15, -0.1) is 0 Å². The summed E-state index contributed by atoms with van der Waals surface area (Å²) in [7, 11) is 1.10. The monoisotopic (exact) mass is 219 g/mol. The lowest BCUT2D eigenvalue weighted by Crippen LogP contribution is -2.04. The van der Waals surface area contributed by atoms with Crippen LogP contribution in [0.4, 0.5) is 20.2 Å². The van der Waals surface area contributed by atoms with Crippen LogP contribution in [0.2, 0.25) is 0 Å². The molecule has 1 rings (SSSR count). The molecule has 2 N–H and O–H groups in total. The molecule has 1 aromatic heterocycles. The Morgan fingerprint density at radius 3 is 2.67 bits per heavy atom. The number of nitrogen functional groups attached to an aromatic ring is 1. The molecule has 0 spiro atoms. The molecule has 15 heavy (non-hydrogen) atoms. The van der Waals surface area contributed by atoms with Gasteiger partial charge in [0.2, 0.25) is 0 Å². The number of halogens is 2. The van der Waals surface area contributed by atoms with E-state index in [0.717, 1.165) is 13.2 Å². The van der Waals surface area contributed by atoms with Crippen LogP contribution >= 0.6 is 0 Å². The molecule has 0 fully saturated rings. The second kappa shape index (κ2) is 4.03. The Kier molecular flexibility index (Phi) is 2.98. The highest BCUT2D eigenvalue weighted by atomic mass is 19.3. The van der Waals surface area contributed by atoms with E-state index < -0.39 is 34.3 Å². The fraction of sp³-hybridized carbons (Fsp3) is 0.286. The number of nitrogens with zero attached hydrogens (tertiary/aromatic N) is 2. The van der Waals surface area contributed by atoms with Crippen molar-refractivity contribution in [3.05, 3.63) is 21.9 Å². The fourth-order valence-corrected chi connectivity index (χ4v) is 0.970. The SMILES string of the molecule is COc1nc(C(F)F)c(N)cc1[N+](=O)[O-]. The standard InChI is InChI=1S/C7H7F2N3O3/c1-15-7-4(12(13)14)2-3(10)5(11-7)6(8)9/h2,6H,10H2,1H3. The van der Waals surface area contributed by atoms with E-state index in [9.17, 15) is 18.9 Å². The van der Waals surface area contributed by atoms with E-state index in [1.165, 1.54) is 0 Å². The Bertz CT molecular complexity index is 397. The Morgan fingerprint density at radius 2 is 2.27 bits per heavy atom. The minimum atomic E-state index is -2.90. The Hall–Kier alpha value is -1.99. The molecule has 8 heteroatoms. The van der Waals surface area contributed by atoms with Crippen molar-refractivity contribution in [2.24, 2.45) is 0 Å². The number of aromatic nitrogens is 1. The highest BCUT2D eigenvalue weighted by Crippen LogP contribution is 2.32. The number of pyridine rings is 1. The van der Waals surface area contributed by atoms with Gasteiger partial charge in [-0.1, -0.05) is 0 Å². The van der Waals surface area contributed by atoms with E-state index in [4.69, 9.17) is 5.73 Å². The number of alkyl halides is 2. The first-order valence-corrected chi connectivity index (χ1v) is 3.74. The maximum atomic E-state index is 12.3. The zero-order valence-electron chi connectivity index (χ0n) is 7.61.